The third-order valence-corrected chi connectivity index (χ3v) is 1.13. The van der Waals surface area contributed by atoms with Crippen LogP contribution in [0.4, 0.5) is 0 Å². The number of amides is 1. The minimum atomic E-state index is -0.117. The molecule has 0 atom stereocenters. The molecule has 0 aliphatic carbocycles. The van der Waals surface area contributed by atoms with Gasteiger partial charge in [-0.15, -0.1) is 0 Å². The maximum Gasteiger partial charge on any atom is 0.244 e. The number of nitrogens with two attached hydrogens (primary N) is 1. The summed E-state index contributed by atoms with van der Waals surface area (Å²) < 4.78 is 0. The zero-order valence-electron chi connectivity index (χ0n) is 5.45. The van der Waals surface area contributed by atoms with E-state index in [1.165, 1.54) is 4.90 Å². The lowest BCUT2D eigenvalue weighted by molar-refractivity contribution is -0.125. The predicted molar refractivity (Wildman–Crippen MR) is 37.3 cm³/mol. The Morgan fingerprint density at radius 1 is 1.50 bits per heavy atom. The Labute approximate surface area is 59.0 Å². The molecule has 0 fully saturated rings. The number of hydrogen-bond acceptors (Lipinski definition) is 3. The molecule has 4 nitrogen and oxygen atoms in total. The molecule has 0 aromatic carbocycles. The lowest BCUT2D eigenvalue weighted by Gasteiger charge is -2.14. The third-order valence-electron chi connectivity index (χ3n) is 1.13. The number of carbonyl (C=O) groups excluding carboxylic acids is 1. The van der Waals surface area contributed by atoms with Crippen molar-refractivity contribution < 1.29 is 4.79 Å². The van der Waals surface area contributed by atoms with Crippen molar-refractivity contribution in [3.05, 3.63) is 24.8 Å². The van der Waals surface area contributed by atoms with E-state index in [0.29, 0.717) is 0 Å². The Kier molecular flexibility index (Phi) is 2.07. The van der Waals surface area contributed by atoms with Crippen LogP contribution in [-0.2, 0) is 4.79 Å². The van der Waals surface area contributed by atoms with Crippen molar-refractivity contribution in [1.82, 2.24) is 10.2 Å². The van der Waals surface area contributed by atoms with E-state index < -0.39 is 0 Å². The largest absolute Gasteiger partial charge is 0.365 e. The first-order chi connectivity index (χ1) is 4.84. The summed E-state index contributed by atoms with van der Waals surface area (Å²) >= 11 is 0. The highest BCUT2D eigenvalue weighted by molar-refractivity contribution is 5.80. The lowest BCUT2D eigenvalue weighted by atomic mass is 10.5. The van der Waals surface area contributed by atoms with E-state index in [1.54, 1.807) is 24.8 Å². The summed E-state index contributed by atoms with van der Waals surface area (Å²) in [5, 5.41) is 2.80. The molecule has 54 valence electrons. The van der Waals surface area contributed by atoms with Gasteiger partial charge in [-0.1, -0.05) is 0 Å². The van der Waals surface area contributed by atoms with Gasteiger partial charge in [0.1, 0.15) is 0 Å². The molecule has 0 radical (unpaired) electrons. The van der Waals surface area contributed by atoms with Crippen LogP contribution in [-0.4, -0.2) is 17.4 Å². The van der Waals surface area contributed by atoms with Crippen molar-refractivity contribution in [3.8, 4) is 0 Å². The van der Waals surface area contributed by atoms with Crippen molar-refractivity contribution in [3.63, 3.8) is 0 Å². The van der Waals surface area contributed by atoms with Crippen LogP contribution in [0.25, 0.3) is 0 Å². The van der Waals surface area contributed by atoms with Gasteiger partial charge in [-0.25, -0.2) is 0 Å². The molecule has 0 aromatic rings. The first-order valence-electron chi connectivity index (χ1n) is 2.95. The van der Waals surface area contributed by atoms with E-state index >= 15 is 0 Å². The molecule has 1 heterocycles. The monoisotopic (exact) mass is 139 g/mol. The van der Waals surface area contributed by atoms with E-state index in [4.69, 9.17) is 5.73 Å². The highest BCUT2D eigenvalue weighted by atomic mass is 16.2. The van der Waals surface area contributed by atoms with Crippen LogP contribution in [0.15, 0.2) is 24.8 Å². The van der Waals surface area contributed by atoms with Crippen LogP contribution in [0.5, 0.6) is 0 Å². The van der Waals surface area contributed by atoms with Crippen molar-refractivity contribution in [1.29, 1.82) is 0 Å². The fraction of sp³-hybridized carbons (Fsp3) is 0.167. The van der Waals surface area contributed by atoms with Crippen LogP contribution in [0, 0.1) is 0 Å². The van der Waals surface area contributed by atoms with E-state index in [-0.39, 0.29) is 12.5 Å². The van der Waals surface area contributed by atoms with Crippen molar-refractivity contribution in [2.45, 2.75) is 0 Å². The van der Waals surface area contributed by atoms with E-state index in [1.807, 2.05) is 0 Å². The number of nitrogens with zero attached hydrogens (tertiary/aromatic N) is 1. The van der Waals surface area contributed by atoms with Gasteiger partial charge in [0, 0.05) is 24.8 Å². The molecule has 0 unspecified atom stereocenters. The second kappa shape index (κ2) is 3.03. The zero-order chi connectivity index (χ0) is 7.40. The third kappa shape index (κ3) is 1.35. The highest BCUT2D eigenvalue weighted by Crippen LogP contribution is 1.94. The summed E-state index contributed by atoms with van der Waals surface area (Å²) in [5.74, 6) is -0.117. The Bertz CT molecular complexity index is 173. The molecule has 4 heteroatoms. The molecular weight excluding hydrogens is 130 g/mol. The van der Waals surface area contributed by atoms with Crippen molar-refractivity contribution in [2.24, 2.45) is 5.73 Å². The van der Waals surface area contributed by atoms with E-state index in [9.17, 15) is 4.79 Å². The van der Waals surface area contributed by atoms with Crippen LogP contribution in [0.1, 0.15) is 0 Å². The molecule has 1 rings (SSSR count). The summed E-state index contributed by atoms with van der Waals surface area (Å²) in [5.41, 5.74) is 5.12. The fourth-order valence-corrected chi connectivity index (χ4v) is 0.624. The molecule has 0 spiro atoms. The number of rotatable bonds is 1. The molecule has 0 aromatic heterocycles. The van der Waals surface area contributed by atoms with Gasteiger partial charge < -0.3 is 11.1 Å². The van der Waals surface area contributed by atoms with Gasteiger partial charge in [0.2, 0.25) is 5.91 Å². The van der Waals surface area contributed by atoms with Crippen LogP contribution >= 0.6 is 0 Å². The van der Waals surface area contributed by atoms with Gasteiger partial charge in [0.15, 0.2) is 0 Å². The summed E-state index contributed by atoms with van der Waals surface area (Å²) in [6.07, 6.45) is 6.56. The molecule has 1 aliphatic rings. The standard InChI is InChI=1S/C6H9N3O/c7-5-6(10)9-3-1-8-2-4-9/h1-4,8H,5,7H2. The van der Waals surface area contributed by atoms with Gasteiger partial charge in [0.25, 0.3) is 0 Å². The van der Waals surface area contributed by atoms with Gasteiger partial charge >= 0.3 is 0 Å². The summed E-state index contributed by atoms with van der Waals surface area (Å²) in [4.78, 5) is 12.3. The number of hydrogen-bond donors (Lipinski definition) is 2. The average Bonchev–Trinajstić information content (AvgIpc) is 2.05. The SMILES string of the molecule is NCC(=O)N1C=CNC=C1. The van der Waals surface area contributed by atoms with Crippen molar-refractivity contribution in [2.75, 3.05) is 6.54 Å². The Morgan fingerprint density at radius 3 is 2.60 bits per heavy atom. The summed E-state index contributed by atoms with van der Waals surface area (Å²) in [7, 11) is 0. The molecule has 1 amide bonds. The first kappa shape index (κ1) is 6.82. The first-order valence-corrected chi connectivity index (χ1v) is 2.95. The minimum Gasteiger partial charge on any atom is -0.365 e. The molecule has 10 heavy (non-hydrogen) atoms. The second-order valence-corrected chi connectivity index (χ2v) is 1.80. The molecule has 3 N–H and O–H groups in total. The van der Waals surface area contributed by atoms with Crippen LogP contribution in [0.2, 0.25) is 0 Å². The Balaban J connectivity index is 2.55. The predicted octanol–water partition coefficient (Wildman–Crippen LogP) is -0.681. The second-order valence-electron chi connectivity index (χ2n) is 1.80. The maximum absolute atomic E-state index is 10.8. The van der Waals surface area contributed by atoms with Gasteiger partial charge in [-0.05, 0) is 0 Å². The van der Waals surface area contributed by atoms with Gasteiger partial charge in [0.05, 0.1) is 6.54 Å². The number of nitrogens with one attached hydrogen (secondary N) is 1. The van der Waals surface area contributed by atoms with Crippen molar-refractivity contribution >= 4 is 5.91 Å². The molecular formula is C6H9N3O. The van der Waals surface area contributed by atoms with E-state index in [0.717, 1.165) is 0 Å². The normalized spacial score (nSPS) is 15.1. The minimum absolute atomic E-state index is 0.0364. The quantitative estimate of drug-likeness (QED) is 0.506. The summed E-state index contributed by atoms with van der Waals surface area (Å²) in [6, 6.07) is 0. The highest BCUT2D eigenvalue weighted by Gasteiger charge is 2.04. The number of carbonyl (C=O) groups is 1. The Hall–Kier alpha value is -1.29. The Morgan fingerprint density at radius 2 is 2.10 bits per heavy atom. The zero-order valence-corrected chi connectivity index (χ0v) is 5.45. The van der Waals surface area contributed by atoms with Crippen LogP contribution < -0.4 is 11.1 Å². The molecule has 0 saturated carbocycles. The van der Waals surface area contributed by atoms with Gasteiger partial charge in [-0.3, -0.25) is 9.69 Å². The van der Waals surface area contributed by atoms with Crippen LogP contribution in [0.3, 0.4) is 0 Å². The van der Waals surface area contributed by atoms with E-state index in [2.05, 4.69) is 5.32 Å². The topological polar surface area (TPSA) is 58.4 Å². The lowest BCUT2D eigenvalue weighted by Crippen LogP contribution is -2.29. The smallest absolute Gasteiger partial charge is 0.244 e. The molecule has 0 bridgehead atoms. The molecule has 1 aliphatic heterocycles. The van der Waals surface area contributed by atoms with Gasteiger partial charge in [-0.2, -0.15) is 0 Å². The summed E-state index contributed by atoms with van der Waals surface area (Å²) in [6.45, 7) is 0.0364. The fourth-order valence-electron chi connectivity index (χ4n) is 0.624. The maximum atomic E-state index is 10.8. The molecule has 0 saturated heterocycles. The average molecular weight is 139 g/mol.